The zero-order chi connectivity index (χ0) is 14.7. The first kappa shape index (κ1) is 12.9. The summed E-state index contributed by atoms with van der Waals surface area (Å²) in [6.45, 7) is 0. The van der Waals surface area contributed by atoms with E-state index in [2.05, 4.69) is 20.5 Å². The van der Waals surface area contributed by atoms with Gasteiger partial charge in [0.25, 0.3) is 5.91 Å². The maximum absolute atomic E-state index is 12.0. The Morgan fingerprint density at radius 3 is 2.57 bits per heavy atom. The molecule has 2 aromatic heterocycles. The number of rotatable bonds is 3. The van der Waals surface area contributed by atoms with E-state index in [-0.39, 0.29) is 11.0 Å². The highest BCUT2D eigenvalue weighted by atomic mass is 16.2. The van der Waals surface area contributed by atoms with Crippen LogP contribution in [0.5, 0.6) is 0 Å². The van der Waals surface area contributed by atoms with Crippen LogP contribution in [0.2, 0.25) is 0 Å². The molecule has 0 fully saturated rings. The van der Waals surface area contributed by atoms with E-state index in [0.717, 1.165) is 11.3 Å². The number of carbonyl (C=O) groups excluding carboxylic acids is 1. The Morgan fingerprint density at radius 1 is 1.10 bits per heavy atom. The number of hydrogen-bond acceptors (Lipinski definition) is 3. The first-order chi connectivity index (χ1) is 10.2. The van der Waals surface area contributed by atoms with E-state index in [1.165, 1.54) is 18.5 Å². The van der Waals surface area contributed by atoms with Crippen LogP contribution in [0.3, 0.4) is 0 Å². The highest BCUT2D eigenvalue weighted by Gasteiger charge is 2.09. The Bertz CT molecular complexity index is 804. The summed E-state index contributed by atoms with van der Waals surface area (Å²) >= 11 is 0. The Balaban J connectivity index is 1.78. The predicted molar refractivity (Wildman–Crippen MR) is 79.0 cm³/mol. The lowest BCUT2D eigenvalue weighted by atomic mass is 10.1. The largest absolute Gasteiger partial charge is 0.367 e. The van der Waals surface area contributed by atoms with Crippen molar-refractivity contribution in [2.45, 2.75) is 0 Å². The summed E-state index contributed by atoms with van der Waals surface area (Å²) in [7, 11) is 0. The van der Waals surface area contributed by atoms with Gasteiger partial charge >= 0.3 is 0 Å². The first-order valence-electron chi connectivity index (χ1n) is 6.32. The fourth-order valence-corrected chi connectivity index (χ4v) is 1.94. The third-order valence-corrected chi connectivity index (χ3v) is 3.02. The van der Waals surface area contributed by atoms with Crippen molar-refractivity contribution < 1.29 is 4.79 Å². The number of aromatic amines is 2. The lowest BCUT2D eigenvalue weighted by molar-refractivity contribution is 0.102. The zero-order valence-corrected chi connectivity index (χ0v) is 11.0. The Labute approximate surface area is 119 Å². The number of carbonyl (C=O) groups is 1. The summed E-state index contributed by atoms with van der Waals surface area (Å²) in [5.74, 6) is -0.439. The van der Waals surface area contributed by atoms with Crippen molar-refractivity contribution in [2.75, 3.05) is 5.32 Å². The molecule has 0 spiro atoms. The maximum Gasteiger partial charge on any atom is 0.261 e. The summed E-state index contributed by atoms with van der Waals surface area (Å²) in [4.78, 5) is 26.3. The van der Waals surface area contributed by atoms with Gasteiger partial charge in [0.15, 0.2) is 5.43 Å². The SMILES string of the molecule is O=C(Nc1ccc(-c2ccn[nH]2)cc1)c1c[nH]ccc1=O. The molecule has 0 atom stereocenters. The minimum Gasteiger partial charge on any atom is -0.367 e. The molecule has 0 bridgehead atoms. The molecular formula is C15H12N4O2. The number of hydrogen-bond donors (Lipinski definition) is 3. The van der Waals surface area contributed by atoms with Crippen LogP contribution in [0.15, 0.2) is 59.8 Å². The van der Waals surface area contributed by atoms with Gasteiger partial charge in [-0.1, -0.05) is 12.1 Å². The summed E-state index contributed by atoms with van der Waals surface area (Å²) in [6.07, 6.45) is 4.54. The van der Waals surface area contributed by atoms with Gasteiger partial charge in [0.05, 0.1) is 5.69 Å². The maximum atomic E-state index is 12.0. The number of aromatic nitrogens is 3. The topological polar surface area (TPSA) is 90.6 Å². The summed E-state index contributed by atoms with van der Waals surface area (Å²) in [5, 5.41) is 9.44. The van der Waals surface area contributed by atoms with Gasteiger partial charge in [0, 0.05) is 30.3 Å². The standard InChI is InChI=1S/C15H12N4O2/c20-14-6-7-16-9-12(14)15(21)18-11-3-1-10(2-4-11)13-5-8-17-19-13/h1-9H,(H,16,20)(H,17,19)(H,18,21). The molecule has 3 rings (SSSR count). The average Bonchev–Trinajstić information content (AvgIpc) is 3.02. The van der Waals surface area contributed by atoms with Crippen LogP contribution < -0.4 is 10.7 Å². The Morgan fingerprint density at radius 2 is 1.90 bits per heavy atom. The summed E-state index contributed by atoms with van der Waals surface area (Å²) in [5.41, 5.74) is 2.23. The molecular weight excluding hydrogens is 268 g/mol. The number of amides is 1. The van der Waals surface area contributed by atoms with Crippen molar-refractivity contribution in [1.29, 1.82) is 0 Å². The van der Waals surface area contributed by atoms with Gasteiger partial charge in [-0.15, -0.1) is 0 Å². The molecule has 0 aliphatic rings. The van der Waals surface area contributed by atoms with Crippen molar-refractivity contribution in [3.63, 3.8) is 0 Å². The van der Waals surface area contributed by atoms with Crippen LogP contribution >= 0.6 is 0 Å². The third kappa shape index (κ3) is 2.74. The van der Waals surface area contributed by atoms with Gasteiger partial charge in [0.2, 0.25) is 0 Å². The second-order valence-electron chi connectivity index (χ2n) is 4.42. The van der Waals surface area contributed by atoms with E-state index in [9.17, 15) is 9.59 Å². The second-order valence-corrected chi connectivity index (χ2v) is 4.42. The number of nitrogens with zero attached hydrogens (tertiary/aromatic N) is 1. The van der Waals surface area contributed by atoms with Gasteiger partial charge in [0.1, 0.15) is 5.56 Å². The molecule has 3 N–H and O–H groups in total. The molecule has 1 amide bonds. The molecule has 6 nitrogen and oxygen atoms in total. The number of anilines is 1. The minimum atomic E-state index is -0.439. The molecule has 0 aliphatic heterocycles. The van der Waals surface area contributed by atoms with Crippen LogP contribution in [-0.2, 0) is 0 Å². The molecule has 6 heteroatoms. The summed E-state index contributed by atoms with van der Waals surface area (Å²) in [6, 6.07) is 10.4. The highest BCUT2D eigenvalue weighted by Crippen LogP contribution is 2.19. The normalized spacial score (nSPS) is 10.3. The van der Waals surface area contributed by atoms with Crippen molar-refractivity contribution >= 4 is 11.6 Å². The van der Waals surface area contributed by atoms with E-state index < -0.39 is 5.91 Å². The second kappa shape index (κ2) is 5.46. The van der Waals surface area contributed by atoms with Gasteiger partial charge in [-0.05, 0) is 23.8 Å². The van der Waals surface area contributed by atoms with Crippen molar-refractivity contribution in [3.05, 3.63) is 70.8 Å². The molecule has 0 aliphatic carbocycles. The molecule has 0 saturated carbocycles. The molecule has 104 valence electrons. The molecule has 21 heavy (non-hydrogen) atoms. The predicted octanol–water partition coefficient (Wildman–Crippen LogP) is 2.02. The molecule has 0 saturated heterocycles. The van der Waals surface area contributed by atoms with Gasteiger partial charge in [-0.2, -0.15) is 5.10 Å². The number of H-pyrrole nitrogens is 2. The number of pyridine rings is 1. The van der Waals surface area contributed by atoms with Gasteiger partial charge < -0.3 is 10.3 Å². The fourth-order valence-electron chi connectivity index (χ4n) is 1.94. The van der Waals surface area contributed by atoms with Gasteiger partial charge in [-0.25, -0.2) is 0 Å². The fraction of sp³-hybridized carbons (Fsp3) is 0. The zero-order valence-electron chi connectivity index (χ0n) is 11.0. The summed E-state index contributed by atoms with van der Waals surface area (Å²) < 4.78 is 0. The van der Waals surface area contributed by atoms with E-state index in [4.69, 9.17) is 0 Å². The monoisotopic (exact) mass is 280 g/mol. The molecule has 3 aromatic rings. The van der Waals surface area contributed by atoms with Crippen LogP contribution in [0.1, 0.15) is 10.4 Å². The van der Waals surface area contributed by atoms with E-state index >= 15 is 0 Å². The number of benzene rings is 1. The van der Waals surface area contributed by atoms with Crippen molar-refractivity contribution in [1.82, 2.24) is 15.2 Å². The minimum absolute atomic E-state index is 0.0788. The Kier molecular flexibility index (Phi) is 3.34. The van der Waals surface area contributed by atoms with E-state index in [1.807, 2.05) is 18.2 Å². The quantitative estimate of drug-likeness (QED) is 0.685. The third-order valence-electron chi connectivity index (χ3n) is 3.02. The van der Waals surface area contributed by atoms with E-state index in [0.29, 0.717) is 5.69 Å². The van der Waals surface area contributed by atoms with Crippen LogP contribution in [0.25, 0.3) is 11.3 Å². The van der Waals surface area contributed by atoms with Crippen LogP contribution in [0.4, 0.5) is 5.69 Å². The van der Waals surface area contributed by atoms with Gasteiger partial charge in [-0.3, -0.25) is 14.7 Å². The smallest absolute Gasteiger partial charge is 0.261 e. The highest BCUT2D eigenvalue weighted by molar-refractivity contribution is 6.04. The van der Waals surface area contributed by atoms with Crippen LogP contribution in [-0.4, -0.2) is 21.1 Å². The Hall–Kier alpha value is -3.15. The first-order valence-corrected chi connectivity index (χ1v) is 6.32. The lowest BCUT2D eigenvalue weighted by Crippen LogP contribution is -2.20. The molecule has 2 heterocycles. The number of nitrogens with one attached hydrogen (secondary N) is 3. The van der Waals surface area contributed by atoms with Crippen molar-refractivity contribution in [3.8, 4) is 11.3 Å². The van der Waals surface area contributed by atoms with E-state index in [1.54, 1.807) is 18.3 Å². The molecule has 0 unspecified atom stereocenters. The van der Waals surface area contributed by atoms with Crippen LogP contribution in [0, 0.1) is 0 Å². The lowest BCUT2D eigenvalue weighted by Gasteiger charge is -2.05. The average molecular weight is 280 g/mol. The molecule has 1 aromatic carbocycles. The van der Waals surface area contributed by atoms with Crippen molar-refractivity contribution in [2.24, 2.45) is 0 Å². The molecule has 0 radical (unpaired) electrons.